The van der Waals surface area contributed by atoms with E-state index >= 15 is 0 Å². The van der Waals surface area contributed by atoms with E-state index in [2.05, 4.69) is 29.9 Å². The van der Waals surface area contributed by atoms with Crippen molar-refractivity contribution in [1.29, 1.82) is 0 Å². The van der Waals surface area contributed by atoms with E-state index in [1.807, 2.05) is 0 Å². The van der Waals surface area contributed by atoms with Crippen LogP contribution in [-0.2, 0) is 10.0 Å². The number of pyridine rings is 1. The SMILES string of the molecule is COc1cccc(-c2nnc(NS(=O)(=O)[C@@H](C)C(=O)c3ncc(C)cn3)n2-c2c(OC)cccc2OC)n1. The summed E-state index contributed by atoms with van der Waals surface area (Å²) in [6.07, 6.45) is 2.87. The van der Waals surface area contributed by atoms with E-state index in [1.54, 1.807) is 43.3 Å². The maximum absolute atomic E-state index is 13.4. The molecule has 0 aliphatic rings. The Bertz CT molecular complexity index is 1550. The summed E-state index contributed by atoms with van der Waals surface area (Å²) < 4.78 is 46.8. The zero-order valence-corrected chi connectivity index (χ0v) is 22.1. The van der Waals surface area contributed by atoms with Crippen molar-refractivity contribution in [1.82, 2.24) is 29.7 Å². The smallest absolute Gasteiger partial charge is 0.245 e. The second-order valence-electron chi connectivity index (χ2n) is 8.00. The van der Waals surface area contributed by atoms with Gasteiger partial charge in [0.15, 0.2) is 11.6 Å². The second-order valence-corrected chi connectivity index (χ2v) is 10.00. The number of hydrogen-bond donors (Lipinski definition) is 1. The summed E-state index contributed by atoms with van der Waals surface area (Å²) in [6, 6.07) is 10.1. The molecule has 38 heavy (non-hydrogen) atoms. The zero-order valence-electron chi connectivity index (χ0n) is 21.2. The third-order valence-corrected chi connectivity index (χ3v) is 7.13. The molecule has 0 unspecified atom stereocenters. The molecule has 0 aliphatic heterocycles. The average Bonchev–Trinajstić information content (AvgIpc) is 3.34. The third kappa shape index (κ3) is 5.11. The Kier molecular flexibility index (Phi) is 7.52. The maximum Gasteiger partial charge on any atom is 0.245 e. The molecule has 3 heterocycles. The second kappa shape index (κ2) is 10.8. The van der Waals surface area contributed by atoms with E-state index in [1.165, 1.54) is 45.2 Å². The van der Waals surface area contributed by atoms with Crippen molar-refractivity contribution < 1.29 is 27.4 Å². The van der Waals surface area contributed by atoms with Crippen LogP contribution < -0.4 is 18.9 Å². The van der Waals surface area contributed by atoms with E-state index < -0.39 is 21.1 Å². The lowest BCUT2D eigenvalue weighted by atomic mass is 10.2. The number of nitrogens with one attached hydrogen (secondary N) is 1. The van der Waals surface area contributed by atoms with Gasteiger partial charge in [-0.05, 0) is 37.6 Å². The van der Waals surface area contributed by atoms with Gasteiger partial charge in [-0.1, -0.05) is 12.1 Å². The number of nitrogens with zero attached hydrogens (tertiary/aromatic N) is 6. The van der Waals surface area contributed by atoms with Gasteiger partial charge in [0.1, 0.15) is 28.1 Å². The highest BCUT2D eigenvalue weighted by atomic mass is 32.2. The molecule has 13 nitrogen and oxygen atoms in total. The van der Waals surface area contributed by atoms with Gasteiger partial charge in [0.05, 0.1) is 21.3 Å². The molecule has 0 fully saturated rings. The molecule has 0 saturated heterocycles. The van der Waals surface area contributed by atoms with Gasteiger partial charge >= 0.3 is 0 Å². The summed E-state index contributed by atoms with van der Waals surface area (Å²) >= 11 is 0. The molecule has 0 bridgehead atoms. The number of benzene rings is 1. The number of carbonyl (C=O) groups is 1. The first-order chi connectivity index (χ1) is 18.2. The fourth-order valence-corrected chi connectivity index (χ4v) is 4.44. The lowest BCUT2D eigenvalue weighted by molar-refractivity contribution is 0.0981. The van der Waals surface area contributed by atoms with Crippen molar-refractivity contribution in [3.8, 4) is 34.6 Å². The molecule has 198 valence electrons. The minimum atomic E-state index is -4.35. The number of hydrogen-bond acceptors (Lipinski definition) is 11. The summed E-state index contributed by atoms with van der Waals surface area (Å²) in [5.41, 5.74) is 1.36. The van der Waals surface area contributed by atoms with Gasteiger partial charge in [0.2, 0.25) is 27.6 Å². The molecule has 4 rings (SSSR count). The predicted octanol–water partition coefficient (Wildman–Crippen LogP) is 2.47. The lowest BCUT2D eigenvalue weighted by Crippen LogP contribution is -2.34. The summed E-state index contributed by atoms with van der Waals surface area (Å²) in [5.74, 6) is -0.0850. The van der Waals surface area contributed by atoms with Crippen LogP contribution in [0.1, 0.15) is 23.1 Å². The van der Waals surface area contributed by atoms with Gasteiger partial charge in [-0.2, -0.15) is 0 Å². The Morgan fingerprint density at radius 1 is 0.947 bits per heavy atom. The molecular formula is C24H25N7O6S. The fraction of sp³-hybridized carbons (Fsp3) is 0.250. The number of methoxy groups -OCH3 is 3. The molecule has 0 aliphatic carbocycles. The molecule has 0 saturated carbocycles. The molecule has 0 amide bonds. The molecule has 1 atom stereocenters. The first-order valence-corrected chi connectivity index (χ1v) is 12.8. The van der Waals surface area contributed by atoms with Crippen LogP contribution in [0.5, 0.6) is 17.4 Å². The monoisotopic (exact) mass is 539 g/mol. The predicted molar refractivity (Wildman–Crippen MR) is 137 cm³/mol. The van der Waals surface area contributed by atoms with E-state index in [4.69, 9.17) is 14.2 Å². The number of Topliss-reactive ketones (excluding diaryl/α,β-unsaturated/α-hetero) is 1. The maximum atomic E-state index is 13.4. The highest BCUT2D eigenvalue weighted by Gasteiger charge is 2.33. The van der Waals surface area contributed by atoms with Gasteiger partial charge in [0, 0.05) is 18.5 Å². The quantitative estimate of drug-likeness (QED) is 0.295. The normalized spacial score (nSPS) is 12.0. The van der Waals surface area contributed by atoms with Crippen LogP contribution >= 0.6 is 0 Å². The Balaban J connectivity index is 1.85. The lowest BCUT2D eigenvalue weighted by Gasteiger charge is -2.18. The number of para-hydroxylation sites is 1. The van der Waals surface area contributed by atoms with E-state index in [9.17, 15) is 13.2 Å². The van der Waals surface area contributed by atoms with Crippen molar-refractivity contribution in [2.45, 2.75) is 19.1 Å². The van der Waals surface area contributed by atoms with Gasteiger partial charge in [-0.25, -0.2) is 23.4 Å². The summed E-state index contributed by atoms with van der Waals surface area (Å²) in [6.45, 7) is 2.99. The Morgan fingerprint density at radius 2 is 1.58 bits per heavy atom. The van der Waals surface area contributed by atoms with Crippen LogP contribution in [0.25, 0.3) is 17.2 Å². The molecule has 0 radical (unpaired) electrons. The van der Waals surface area contributed by atoms with E-state index in [-0.39, 0.29) is 17.6 Å². The molecular weight excluding hydrogens is 514 g/mol. The van der Waals surface area contributed by atoms with Crippen LogP contribution in [0.4, 0.5) is 5.95 Å². The number of carbonyl (C=O) groups excluding carboxylic acids is 1. The van der Waals surface area contributed by atoms with Crippen LogP contribution in [0.15, 0.2) is 48.8 Å². The van der Waals surface area contributed by atoms with Crippen LogP contribution in [0, 0.1) is 6.92 Å². The summed E-state index contributed by atoms with van der Waals surface area (Å²) in [4.78, 5) is 25.2. The molecule has 1 N–H and O–H groups in total. The van der Waals surface area contributed by atoms with Crippen molar-refractivity contribution in [3.63, 3.8) is 0 Å². The summed E-state index contributed by atoms with van der Waals surface area (Å²) in [5, 5.41) is 6.72. The summed E-state index contributed by atoms with van der Waals surface area (Å²) in [7, 11) is 0.0295. The number of aromatic nitrogens is 6. The Morgan fingerprint density at radius 3 is 2.18 bits per heavy atom. The fourth-order valence-electron chi connectivity index (χ4n) is 3.49. The average molecular weight is 540 g/mol. The number of ketones is 1. The first-order valence-electron chi connectivity index (χ1n) is 11.2. The largest absolute Gasteiger partial charge is 0.494 e. The number of anilines is 1. The molecule has 1 aromatic carbocycles. The topological polar surface area (TPSA) is 160 Å². The molecule has 14 heteroatoms. The van der Waals surface area contributed by atoms with Crippen molar-refractivity contribution in [2.24, 2.45) is 0 Å². The molecule has 4 aromatic rings. The standard InChI is InChI=1S/C24H25N7O6S/c1-14-12-25-22(26-13-14)21(32)15(2)38(33,34)30-24-29-28-23(16-8-6-11-19(27-16)37-5)31(24)20-17(35-3)9-7-10-18(20)36-4/h6-13,15H,1-5H3,(H,29,30)/t15-/m0/s1. The van der Waals surface area contributed by atoms with Crippen LogP contribution in [0.2, 0.25) is 0 Å². The van der Waals surface area contributed by atoms with Gasteiger partial charge < -0.3 is 14.2 Å². The minimum Gasteiger partial charge on any atom is -0.494 e. The van der Waals surface area contributed by atoms with Crippen molar-refractivity contribution >= 4 is 21.8 Å². The number of ether oxygens (including phenoxy) is 3. The van der Waals surface area contributed by atoms with E-state index in [0.29, 0.717) is 28.8 Å². The van der Waals surface area contributed by atoms with Gasteiger partial charge in [-0.15, -0.1) is 10.2 Å². The number of sulfonamides is 1. The number of rotatable bonds is 10. The van der Waals surface area contributed by atoms with Gasteiger partial charge in [-0.3, -0.25) is 14.1 Å². The zero-order chi connectivity index (χ0) is 27.4. The van der Waals surface area contributed by atoms with Crippen molar-refractivity contribution in [3.05, 3.63) is 60.2 Å². The molecule has 0 spiro atoms. The third-order valence-electron chi connectivity index (χ3n) is 5.52. The number of aryl methyl sites for hydroxylation is 1. The highest BCUT2D eigenvalue weighted by Crippen LogP contribution is 2.37. The Labute approximate surface area is 218 Å². The van der Waals surface area contributed by atoms with E-state index in [0.717, 1.165) is 5.56 Å². The minimum absolute atomic E-state index is 0.158. The highest BCUT2D eigenvalue weighted by molar-refractivity contribution is 7.94. The molecule has 3 aromatic heterocycles. The first kappa shape index (κ1) is 26.5. The van der Waals surface area contributed by atoms with Crippen molar-refractivity contribution in [2.75, 3.05) is 26.1 Å². The van der Waals surface area contributed by atoms with Crippen LogP contribution in [0.3, 0.4) is 0 Å². The Hall–Kier alpha value is -4.59. The van der Waals surface area contributed by atoms with Gasteiger partial charge in [0.25, 0.3) is 0 Å². The van der Waals surface area contributed by atoms with Crippen LogP contribution in [-0.4, -0.2) is 70.5 Å².